The van der Waals surface area contributed by atoms with E-state index in [1.807, 2.05) is 18.2 Å². The lowest BCUT2D eigenvalue weighted by Crippen LogP contribution is -2.30. The lowest BCUT2D eigenvalue weighted by Gasteiger charge is -2.27. The Balaban J connectivity index is 1.50. The Hall–Kier alpha value is -3.25. The molecule has 5 nitrogen and oxygen atoms in total. The number of pyridine rings is 1. The first-order valence-electron chi connectivity index (χ1n) is 9.56. The van der Waals surface area contributed by atoms with Crippen molar-refractivity contribution in [3.63, 3.8) is 0 Å². The molecule has 6 heteroatoms. The van der Waals surface area contributed by atoms with E-state index >= 15 is 0 Å². The summed E-state index contributed by atoms with van der Waals surface area (Å²) < 4.78 is 19.6. The molecule has 29 heavy (non-hydrogen) atoms. The molecular weight excluding hydrogens is 371 g/mol. The molecule has 0 amide bonds. The molecule has 1 aromatic heterocycles. The summed E-state index contributed by atoms with van der Waals surface area (Å²) >= 11 is 0. The normalized spacial score (nSPS) is 15.6. The third-order valence-electron chi connectivity index (χ3n) is 5.18. The fraction of sp³-hybridized carbons (Fsp3) is 0.217. The second-order valence-corrected chi connectivity index (χ2v) is 7.03. The van der Waals surface area contributed by atoms with Crippen molar-refractivity contribution in [2.24, 2.45) is 0 Å². The zero-order chi connectivity index (χ0) is 20.2. The molecule has 2 aromatic carbocycles. The molecule has 2 heterocycles. The van der Waals surface area contributed by atoms with Gasteiger partial charge < -0.3 is 15.2 Å². The van der Waals surface area contributed by atoms with Crippen LogP contribution in [0.1, 0.15) is 39.5 Å². The molecule has 3 aromatic rings. The van der Waals surface area contributed by atoms with Crippen molar-refractivity contribution in [2.75, 3.05) is 6.54 Å². The predicted molar refractivity (Wildman–Crippen MR) is 107 cm³/mol. The van der Waals surface area contributed by atoms with Gasteiger partial charge in [0.2, 0.25) is 0 Å². The monoisotopic (exact) mass is 392 g/mol. The van der Waals surface area contributed by atoms with Gasteiger partial charge in [0.1, 0.15) is 5.75 Å². The van der Waals surface area contributed by atoms with Gasteiger partial charge in [-0.2, -0.15) is 0 Å². The van der Waals surface area contributed by atoms with Crippen molar-refractivity contribution in [3.05, 3.63) is 89.0 Å². The molecular formula is C23H21FN2O3. The zero-order valence-corrected chi connectivity index (χ0v) is 15.8. The second kappa shape index (κ2) is 8.41. The maximum absolute atomic E-state index is 13.8. The highest BCUT2D eigenvalue weighted by Crippen LogP contribution is 2.32. The van der Waals surface area contributed by atoms with Crippen LogP contribution in [0.4, 0.5) is 4.39 Å². The van der Waals surface area contributed by atoms with Gasteiger partial charge in [-0.05, 0) is 72.8 Å². The van der Waals surface area contributed by atoms with Gasteiger partial charge in [-0.15, -0.1) is 0 Å². The molecule has 0 aliphatic carbocycles. The maximum atomic E-state index is 13.8. The number of rotatable bonds is 6. The minimum absolute atomic E-state index is 0.114. The largest absolute Gasteiger partial charge is 0.478 e. The van der Waals surface area contributed by atoms with Crippen LogP contribution in [0.5, 0.6) is 11.5 Å². The number of ether oxygens (including phenoxy) is 1. The fourth-order valence-corrected chi connectivity index (χ4v) is 3.74. The van der Waals surface area contributed by atoms with E-state index in [2.05, 4.69) is 10.3 Å². The summed E-state index contributed by atoms with van der Waals surface area (Å²) in [5.74, 6) is -0.518. The molecule has 0 fully saturated rings. The van der Waals surface area contributed by atoms with Gasteiger partial charge in [0, 0.05) is 18.4 Å². The van der Waals surface area contributed by atoms with E-state index in [9.17, 15) is 14.3 Å². The van der Waals surface area contributed by atoms with E-state index in [0.29, 0.717) is 17.7 Å². The van der Waals surface area contributed by atoms with E-state index in [4.69, 9.17) is 4.74 Å². The number of carboxylic acid groups (broad SMARTS) is 1. The lowest BCUT2D eigenvalue weighted by molar-refractivity contribution is 0.0695. The highest BCUT2D eigenvalue weighted by atomic mass is 19.1. The number of carboxylic acids is 1. The summed E-state index contributed by atoms with van der Waals surface area (Å²) in [6.07, 6.45) is 5.34. The SMILES string of the molecule is O=C(O)c1ccncc1CC[C@@H]1NCCc2cc(Oc3ccccc3F)ccc21. The van der Waals surface area contributed by atoms with Crippen LogP contribution in [0.25, 0.3) is 0 Å². The van der Waals surface area contributed by atoms with Crippen LogP contribution in [-0.2, 0) is 12.8 Å². The first-order valence-corrected chi connectivity index (χ1v) is 9.56. The fourth-order valence-electron chi connectivity index (χ4n) is 3.74. The Morgan fingerprint density at radius 3 is 2.93 bits per heavy atom. The van der Waals surface area contributed by atoms with E-state index < -0.39 is 11.8 Å². The van der Waals surface area contributed by atoms with Crippen molar-refractivity contribution in [3.8, 4) is 11.5 Å². The predicted octanol–water partition coefficient (Wildman–Crippen LogP) is 4.53. The number of nitrogens with one attached hydrogen (secondary N) is 1. The summed E-state index contributed by atoms with van der Waals surface area (Å²) in [5, 5.41) is 12.9. The molecule has 4 rings (SSSR count). The molecule has 1 atom stereocenters. The second-order valence-electron chi connectivity index (χ2n) is 7.03. The summed E-state index contributed by atoms with van der Waals surface area (Å²) in [4.78, 5) is 15.5. The number of fused-ring (bicyclic) bond motifs is 1. The van der Waals surface area contributed by atoms with E-state index in [-0.39, 0.29) is 11.8 Å². The van der Waals surface area contributed by atoms with Crippen molar-refractivity contribution >= 4 is 5.97 Å². The minimum Gasteiger partial charge on any atom is -0.478 e. The molecule has 148 valence electrons. The number of hydrogen-bond donors (Lipinski definition) is 2. The number of carbonyl (C=O) groups is 1. The van der Waals surface area contributed by atoms with Gasteiger partial charge in [-0.3, -0.25) is 4.98 Å². The molecule has 0 bridgehead atoms. The van der Waals surface area contributed by atoms with E-state index in [1.165, 1.54) is 18.3 Å². The lowest BCUT2D eigenvalue weighted by atomic mass is 9.90. The minimum atomic E-state index is -0.936. The van der Waals surface area contributed by atoms with Crippen LogP contribution >= 0.6 is 0 Å². The van der Waals surface area contributed by atoms with E-state index in [1.54, 1.807) is 24.4 Å². The molecule has 1 aliphatic rings. The highest BCUT2D eigenvalue weighted by molar-refractivity contribution is 5.89. The van der Waals surface area contributed by atoms with Gasteiger partial charge in [-0.25, -0.2) is 9.18 Å². The maximum Gasteiger partial charge on any atom is 0.336 e. The Morgan fingerprint density at radius 2 is 2.10 bits per heavy atom. The Morgan fingerprint density at radius 1 is 1.24 bits per heavy atom. The van der Waals surface area contributed by atoms with Crippen molar-refractivity contribution in [2.45, 2.75) is 25.3 Å². The summed E-state index contributed by atoms with van der Waals surface area (Å²) in [5.41, 5.74) is 3.35. The number of aromatic nitrogens is 1. The van der Waals surface area contributed by atoms with Crippen molar-refractivity contribution in [1.29, 1.82) is 0 Å². The summed E-state index contributed by atoms with van der Waals surface area (Å²) in [7, 11) is 0. The third-order valence-corrected chi connectivity index (χ3v) is 5.18. The molecule has 0 saturated heterocycles. The molecule has 0 saturated carbocycles. The van der Waals surface area contributed by atoms with Crippen LogP contribution in [-0.4, -0.2) is 22.6 Å². The standard InChI is InChI=1S/C23H21FN2O3/c24-20-3-1-2-4-22(20)29-17-6-7-18-15(13-17)9-12-26-21(18)8-5-16-14-25-11-10-19(16)23(27)28/h1-4,6-7,10-11,13-14,21,26H,5,8-9,12H2,(H,27,28)/t21-/m0/s1. The van der Waals surface area contributed by atoms with Gasteiger partial charge in [0.25, 0.3) is 0 Å². The number of aromatic carboxylic acids is 1. The summed E-state index contributed by atoms with van der Waals surface area (Å²) in [6.45, 7) is 0.819. The Labute approximate surface area is 168 Å². The highest BCUT2D eigenvalue weighted by Gasteiger charge is 2.21. The summed E-state index contributed by atoms with van der Waals surface area (Å²) in [6, 6.07) is 13.8. The quantitative estimate of drug-likeness (QED) is 0.645. The van der Waals surface area contributed by atoms with Crippen LogP contribution in [0.2, 0.25) is 0 Å². The van der Waals surface area contributed by atoms with Gasteiger partial charge >= 0.3 is 5.97 Å². The number of para-hydroxylation sites is 1. The third kappa shape index (κ3) is 4.27. The van der Waals surface area contributed by atoms with Crippen LogP contribution < -0.4 is 10.1 Å². The number of aryl methyl sites for hydroxylation is 1. The Kier molecular flexibility index (Phi) is 5.53. The first kappa shape index (κ1) is 19.1. The number of halogens is 1. The molecule has 0 unspecified atom stereocenters. The molecule has 1 aliphatic heterocycles. The van der Waals surface area contributed by atoms with E-state index in [0.717, 1.165) is 36.1 Å². The van der Waals surface area contributed by atoms with Gasteiger partial charge in [0.05, 0.1) is 5.56 Å². The molecule has 0 radical (unpaired) electrons. The topological polar surface area (TPSA) is 71.5 Å². The average Bonchev–Trinajstić information content (AvgIpc) is 2.74. The van der Waals surface area contributed by atoms with Crippen LogP contribution in [0.15, 0.2) is 60.9 Å². The van der Waals surface area contributed by atoms with Gasteiger partial charge in [-0.1, -0.05) is 18.2 Å². The smallest absolute Gasteiger partial charge is 0.336 e. The first-order chi connectivity index (χ1) is 14.1. The van der Waals surface area contributed by atoms with Crippen LogP contribution in [0.3, 0.4) is 0 Å². The molecule has 0 spiro atoms. The number of hydrogen-bond acceptors (Lipinski definition) is 4. The average molecular weight is 392 g/mol. The zero-order valence-electron chi connectivity index (χ0n) is 15.8. The van der Waals surface area contributed by atoms with Crippen LogP contribution in [0, 0.1) is 5.82 Å². The van der Waals surface area contributed by atoms with Crippen molar-refractivity contribution in [1.82, 2.24) is 10.3 Å². The van der Waals surface area contributed by atoms with Gasteiger partial charge in [0.15, 0.2) is 11.6 Å². The Bertz CT molecular complexity index is 1040. The number of nitrogens with zero attached hydrogens (tertiary/aromatic N) is 1. The van der Waals surface area contributed by atoms with Crippen molar-refractivity contribution < 1.29 is 19.0 Å². The number of benzene rings is 2. The molecule has 2 N–H and O–H groups in total.